The van der Waals surface area contributed by atoms with E-state index < -0.39 is 0 Å². The quantitative estimate of drug-likeness (QED) is 0.712. The van der Waals surface area contributed by atoms with E-state index in [9.17, 15) is 0 Å². The number of hydrogen-bond acceptors (Lipinski definition) is 2. The lowest BCUT2D eigenvalue weighted by Gasteiger charge is -2.21. The Balaban J connectivity index is 1.94. The molecule has 1 aliphatic rings. The molecule has 1 atom stereocenters. The van der Waals surface area contributed by atoms with Crippen LogP contribution in [0.5, 0.6) is 0 Å². The number of rotatable bonds is 7. The average molecular weight is 229 g/mol. The smallest absolute Gasteiger partial charge is 0.00470 e. The highest BCUT2D eigenvalue weighted by molar-refractivity contribution is 7.99. The van der Waals surface area contributed by atoms with Gasteiger partial charge in [-0.25, -0.2) is 0 Å². The summed E-state index contributed by atoms with van der Waals surface area (Å²) in [6.45, 7) is 5.73. The molecule has 90 valence electrons. The van der Waals surface area contributed by atoms with Gasteiger partial charge in [-0.3, -0.25) is 0 Å². The van der Waals surface area contributed by atoms with Crippen molar-refractivity contribution in [3.8, 4) is 0 Å². The molecule has 0 amide bonds. The third-order valence-corrected chi connectivity index (χ3v) is 4.61. The fraction of sp³-hybridized carbons (Fsp3) is 1.00. The van der Waals surface area contributed by atoms with Crippen molar-refractivity contribution in [2.45, 2.75) is 70.1 Å². The molecule has 1 unspecified atom stereocenters. The van der Waals surface area contributed by atoms with Crippen LogP contribution in [0.4, 0.5) is 0 Å². The van der Waals surface area contributed by atoms with E-state index in [2.05, 4.69) is 30.9 Å². The van der Waals surface area contributed by atoms with Gasteiger partial charge in [-0.05, 0) is 44.9 Å². The highest BCUT2D eigenvalue weighted by Crippen LogP contribution is 2.28. The normalized spacial score (nSPS) is 20.4. The Morgan fingerprint density at radius 3 is 2.67 bits per heavy atom. The van der Waals surface area contributed by atoms with Gasteiger partial charge in [0.15, 0.2) is 0 Å². The summed E-state index contributed by atoms with van der Waals surface area (Å²) in [6, 6.07) is 0.709. The third kappa shape index (κ3) is 6.47. The van der Waals surface area contributed by atoms with Crippen LogP contribution in [0.3, 0.4) is 0 Å². The number of nitrogens with one attached hydrogen (secondary N) is 1. The van der Waals surface area contributed by atoms with Gasteiger partial charge in [0, 0.05) is 11.3 Å². The highest BCUT2D eigenvalue weighted by Gasteiger charge is 2.13. The Labute approximate surface area is 99.8 Å². The molecule has 0 saturated heterocycles. The van der Waals surface area contributed by atoms with Gasteiger partial charge in [-0.2, -0.15) is 11.8 Å². The minimum Gasteiger partial charge on any atom is -0.314 e. The van der Waals surface area contributed by atoms with Crippen molar-refractivity contribution < 1.29 is 0 Å². The monoisotopic (exact) mass is 229 g/mol. The minimum atomic E-state index is 0.709. The van der Waals surface area contributed by atoms with Crippen molar-refractivity contribution in [3.05, 3.63) is 0 Å². The van der Waals surface area contributed by atoms with Crippen LogP contribution in [0.1, 0.15) is 58.8 Å². The van der Waals surface area contributed by atoms with E-state index in [4.69, 9.17) is 0 Å². The van der Waals surface area contributed by atoms with E-state index in [1.54, 1.807) is 0 Å². The molecule has 1 rings (SSSR count). The lowest BCUT2D eigenvalue weighted by Crippen LogP contribution is -2.27. The number of hydrogen-bond donors (Lipinski definition) is 1. The van der Waals surface area contributed by atoms with Gasteiger partial charge in [0.2, 0.25) is 0 Å². The zero-order chi connectivity index (χ0) is 10.9. The zero-order valence-corrected chi connectivity index (χ0v) is 11.2. The lowest BCUT2D eigenvalue weighted by molar-refractivity contribution is 0.512. The molecule has 1 aliphatic carbocycles. The van der Waals surface area contributed by atoms with Crippen molar-refractivity contribution in [1.29, 1.82) is 0 Å². The first-order chi connectivity index (χ1) is 7.33. The molecule has 0 aromatic heterocycles. The molecular weight excluding hydrogens is 202 g/mol. The molecule has 1 fully saturated rings. The second-order valence-corrected chi connectivity index (χ2v) is 6.18. The van der Waals surface area contributed by atoms with Crippen LogP contribution >= 0.6 is 11.8 Å². The van der Waals surface area contributed by atoms with Crippen LogP contribution in [-0.4, -0.2) is 23.6 Å². The maximum Gasteiger partial charge on any atom is 0.00470 e. The van der Waals surface area contributed by atoms with E-state index >= 15 is 0 Å². The molecule has 1 N–H and O–H groups in total. The summed E-state index contributed by atoms with van der Waals surface area (Å²) in [6.07, 6.45) is 9.96. The summed E-state index contributed by atoms with van der Waals surface area (Å²) in [5.41, 5.74) is 0. The molecule has 2 heteroatoms. The van der Waals surface area contributed by atoms with Gasteiger partial charge in [0.1, 0.15) is 0 Å². The molecule has 0 aliphatic heterocycles. The van der Waals surface area contributed by atoms with Crippen LogP contribution in [-0.2, 0) is 0 Å². The summed E-state index contributed by atoms with van der Waals surface area (Å²) in [5, 5.41) is 4.54. The van der Waals surface area contributed by atoms with Crippen molar-refractivity contribution in [2.75, 3.05) is 12.3 Å². The topological polar surface area (TPSA) is 12.0 Å². The summed E-state index contributed by atoms with van der Waals surface area (Å²) < 4.78 is 0. The predicted molar refractivity (Wildman–Crippen MR) is 71.7 cm³/mol. The standard InChI is InChI=1S/C13H27NS/c1-3-10-14-12(2)9-11-15-13-7-5-4-6-8-13/h12-14H,3-11H2,1-2H3. The predicted octanol–water partition coefficient (Wildman–Crippen LogP) is 3.83. The summed E-state index contributed by atoms with van der Waals surface area (Å²) in [5.74, 6) is 1.35. The summed E-state index contributed by atoms with van der Waals surface area (Å²) in [4.78, 5) is 0. The van der Waals surface area contributed by atoms with E-state index in [0.29, 0.717) is 6.04 Å². The molecule has 0 heterocycles. The second-order valence-electron chi connectivity index (χ2n) is 4.77. The number of thioether (sulfide) groups is 1. The molecular formula is C13H27NS. The maximum absolute atomic E-state index is 3.56. The van der Waals surface area contributed by atoms with Crippen LogP contribution in [0.25, 0.3) is 0 Å². The maximum atomic E-state index is 3.56. The molecule has 0 spiro atoms. The van der Waals surface area contributed by atoms with E-state index in [1.807, 2.05) is 0 Å². The summed E-state index contributed by atoms with van der Waals surface area (Å²) in [7, 11) is 0. The van der Waals surface area contributed by atoms with E-state index in [1.165, 1.54) is 57.2 Å². The van der Waals surface area contributed by atoms with Gasteiger partial charge in [0.05, 0.1) is 0 Å². The SMILES string of the molecule is CCCNC(C)CCSC1CCCCC1. The van der Waals surface area contributed by atoms with Gasteiger partial charge >= 0.3 is 0 Å². The van der Waals surface area contributed by atoms with Crippen molar-refractivity contribution in [1.82, 2.24) is 5.32 Å². The molecule has 0 aromatic carbocycles. The lowest BCUT2D eigenvalue weighted by atomic mass is 10.0. The fourth-order valence-electron chi connectivity index (χ4n) is 2.14. The van der Waals surface area contributed by atoms with Crippen LogP contribution in [0, 0.1) is 0 Å². The fourth-order valence-corrected chi connectivity index (χ4v) is 3.63. The molecule has 1 saturated carbocycles. The van der Waals surface area contributed by atoms with Gasteiger partial charge < -0.3 is 5.32 Å². The largest absolute Gasteiger partial charge is 0.314 e. The van der Waals surface area contributed by atoms with Crippen molar-refractivity contribution in [2.24, 2.45) is 0 Å². The zero-order valence-electron chi connectivity index (χ0n) is 10.4. The first kappa shape index (κ1) is 13.4. The minimum absolute atomic E-state index is 0.709. The molecule has 15 heavy (non-hydrogen) atoms. The average Bonchev–Trinajstić information content (AvgIpc) is 2.28. The van der Waals surface area contributed by atoms with Gasteiger partial charge in [-0.1, -0.05) is 26.2 Å². The molecule has 0 aromatic rings. The molecule has 0 radical (unpaired) electrons. The Kier molecular flexibility index (Phi) is 7.54. The third-order valence-electron chi connectivity index (χ3n) is 3.20. The van der Waals surface area contributed by atoms with Crippen molar-refractivity contribution >= 4 is 11.8 Å². The van der Waals surface area contributed by atoms with E-state index in [0.717, 1.165) is 5.25 Å². The van der Waals surface area contributed by atoms with Crippen LogP contribution in [0.2, 0.25) is 0 Å². The Morgan fingerprint density at radius 2 is 2.00 bits per heavy atom. The van der Waals surface area contributed by atoms with Gasteiger partial charge in [0.25, 0.3) is 0 Å². The van der Waals surface area contributed by atoms with Crippen LogP contribution in [0.15, 0.2) is 0 Å². The van der Waals surface area contributed by atoms with Crippen LogP contribution < -0.4 is 5.32 Å². The second kappa shape index (κ2) is 8.46. The Morgan fingerprint density at radius 1 is 1.27 bits per heavy atom. The summed E-state index contributed by atoms with van der Waals surface area (Å²) >= 11 is 2.22. The van der Waals surface area contributed by atoms with Gasteiger partial charge in [-0.15, -0.1) is 0 Å². The van der Waals surface area contributed by atoms with E-state index in [-0.39, 0.29) is 0 Å². The van der Waals surface area contributed by atoms with Crippen molar-refractivity contribution in [3.63, 3.8) is 0 Å². The Hall–Kier alpha value is 0.310. The highest BCUT2D eigenvalue weighted by atomic mass is 32.2. The molecule has 1 nitrogen and oxygen atoms in total. The first-order valence-electron chi connectivity index (χ1n) is 6.68. The Bertz CT molecular complexity index is 143. The molecule has 0 bridgehead atoms. The first-order valence-corrected chi connectivity index (χ1v) is 7.72.